The number of hydrogen-bond acceptors (Lipinski definition) is 2. The molecule has 2 aromatic rings. The zero-order valence-corrected chi connectivity index (χ0v) is 13.6. The van der Waals surface area contributed by atoms with E-state index in [1.165, 1.54) is 0 Å². The van der Waals surface area contributed by atoms with Gasteiger partial charge in [0.2, 0.25) is 0 Å². The van der Waals surface area contributed by atoms with Crippen LogP contribution >= 0.6 is 23.2 Å². The molecule has 112 valence electrons. The first-order chi connectivity index (χ1) is 9.95. The van der Waals surface area contributed by atoms with Crippen molar-refractivity contribution in [1.29, 1.82) is 0 Å². The predicted octanol–water partition coefficient (Wildman–Crippen LogP) is 4.39. The zero-order chi connectivity index (χ0) is 15.6. The summed E-state index contributed by atoms with van der Waals surface area (Å²) < 4.78 is 0. The van der Waals surface area contributed by atoms with Crippen LogP contribution in [0.2, 0.25) is 10.0 Å². The van der Waals surface area contributed by atoms with Crippen LogP contribution in [0.25, 0.3) is 0 Å². The van der Waals surface area contributed by atoms with Crippen molar-refractivity contribution in [2.75, 3.05) is 6.54 Å². The molecule has 2 aromatic carbocycles. The van der Waals surface area contributed by atoms with E-state index < -0.39 is 6.10 Å². The van der Waals surface area contributed by atoms with Gasteiger partial charge in [-0.2, -0.15) is 0 Å². The van der Waals surface area contributed by atoms with Crippen molar-refractivity contribution in [2.24, 2.45) is 5.73 Å². The molecule has 21 heavy (non-hydrogen) atoms. The number of aliphatic hydroxyl groups is 1. The number of benzene rings is 2. The van der Waals surface area contributed by atoms with Gasteiger partial charge in [-0.15, -0.1) is 0 Å². The van der Waals surface area contributed by atoms with Crippen LogP contribution in [0.15, 0.2) is 36.4 Å². The monoisotopic (exact) mass is 323 g/mol. The normalized spacial score (nSPS) is 14.0. The minimum absolute atomic E-state index is 0.262. The van der Waals surface area contributed by atoms with Gasteiger partial charge >= 0.3 is 0 Å². The topological polar surface area (TPSA) is 46.2 Å². The van der Waals surface area contributed by atoms with E-state index >= 15 is 0 Å². The van der Waals surface area contributed by atoms with Gasteiger partial charge in [-0.1, -0.05) is 53.0 Å². The number of nitrogens with two attached hydrogens (primary N) is 1. The van der Waals surface area contributed by atoms with Crippen molar-refractivity contribution < 1.29 is 5.11 Å². The van der Waals surface area contributed by atoms with Crippen LogP contribution < -0.4 is 5.73 Å². The summed E-state index contributed by atoms with van der Waals surface area (Å²) in [5.41, 5.74) is 9.63. The van der Waals surface area contributed by atoms with Crippen molar-refractivity contribution in [2.45, 2.75) is 25.9 Å². The van der Waals surface area contributed by atoms with E-state index in [0.29, 0.717) is 15.6 Å². The molecule has 0 amide bonds. The molecular formula is C17H19Cl2NO. The Kier molecular flexibility index (Phi) is 5.28. The fourth-order valence-corrected chi connectivity index (χ4v) is 3.32. The summed E-state index contributed by atoms with van der Waals surface area (Å²) in [4.78, 5) is 0. The third kappa shape index (κ3) is 3.41. The fraction of sp³-hybridized carbons (Fsp3) is 0.294. The first kappa shape index (κ1) is 16.3. The van der Waals surface area contributed by atoms with Gasteiger partial charge in [0.25, 0.3) is 0 Å². The van der Waals surface area contributed by atoms with Crippen LogP contribution in [-0.4, -0.2) is 11.7 Å². The lowest BCUT2D eigenvalue weighted by Gasteiger charge is -2.25. The minimum atomic E-state index is -0.743. The second kappa shape index (κ2) is 6.80. The summed E-state index contributed by atoms with van der Waals surface area (Å²) in [5, 5.41) is 11.8. The van der Waals surface area contributed by atoms with Crippen LogP contribution in [0.1, 0.15) is 34.3 Å². The lowest BCUT2D eigenvalue weighted by Crippen LogP contribution is -2.21. The van der Waals surface area contributed by atoms with E-state index in [1.54, 1.807) is 18.2 Å². The molecule has 2 nitrogen and oxygen atoms in total. The average Bonchev–Trinajstić information content (AvgIpc) is 2.42. The Bertz CT molecular complexity index is 622. The predicted molar refractivity (Wildman–Crippen MR) is 89.1 cm³/mol. The Hall–Kier alpha value is -1.06. The highest BCUT2D eigenvalue weighted by molar-refractivity contribution is 6.36. The van der Waals surface area contributed by atoms with E-state index in [1.807, 2.05) is 32.0 Å². The van der Waals surface area contributed by atoms with Crippen LogP contribution in [0.4, 0.5) is 0 Å². The van der Waals surface area contributed by atoms with Crippen molar-refractivity contribution >= 4 is 23.2 Å². The van der Waals surface area contributed by atoms with Gasteiger partial charge in [0.1, 0.15) is 0 Å². The van der Waals surface area contributed by atoms with Crippen LogP contribution in [-0.2, 0) is 0 Å². The van der Waals surface area contributed by atoms with Gasteiger partial charge in [0.05, 0.1) is 6.10 Å². The Morgan fingerprint density at radius 3 is 2.24 bits per heavy atom. The standard InChI is InChI=1S/C17H19Cl2NO/c1-10-6-7-12(11(2)8-10)17(21)13(9-20)16-14(18)4-3-5-15(16)19/h3-8,13,17,21H,9,20H2,1-2H3. The van der Waals surface area contributed by atoms with E-state index in [2.05, 4.69) is 0 Å². The van der Waals surface area contributed by atoms with Crippen molar-refractivity contribution in [3.8, 4) is 0 Å². The van der Waals surface area contributed by atoms with Crippen LogP contribution in [0, 0.1) is 13.8 Å². The van der Waals surface area contributed by atoms with Gasteiger partial charge in [0.15, 0.2) is 0 Å². The lowest BCUT2D eigenvalue weighted by atomic mass is 9.87. The van der Waals surface area contributed by atoms with Gasteiger partial charge < -0.3 is 10.8 Å². The summed E-state index contributed by atoms with van der Waals surface area (Å²) >= 11 is 12.5. The molecule has 0 aliphatic heterocycles. The Balaban J connectivity index is 2.46. The highest BCUT2D eigenvalue weighted by atomic mass is 35.5. The number of rotatable bonds is 4. The minimum Gasteiger partial charge on any atom is -0.388 e. The second-order valence-corrected chi connectivity index (χ2v) is 6.10. The third-order valence-corrected chi connectivity index (χ3v) is 4.41. The van der Waals surface area contributed by atoms with E-state index in [9.17, 15) is 5.11 Å². The van der Waals surface area contributed by atoms with Crippen molar-refractivity contribution in [3.63, 3.8) is 0 Å². The smallest absolute Gasteiger partial charge is 0.0874 e. The average molecular weight is 324 g/mol. The second-order valence-electron chi connectivity index (χ2n) is 5.28. The highest BCUT2D eigenvalue weighted by Gasteiger charge is 2.26. The maximum atomic E-state index is 10.8. The molecule has 2 unspecified atom stereocenters. The first-order valence-corrected chi connectivity index (χ1v) is 7.60. The fourth-order valence-electron chi connectivity index (χ4n) is 2.64. The number of aryl methyl sites for hydroxylation is 2. The van der Waals surface area contributed by atoms with E-state index in [-0.39, 0.29) is 12.5 Å². The molecule has 0 aliphatic carbocycles. The Morgan fingerprint density at radius 1 is 1.10 bits per heavy atom. The molecule has 0 fully saturated rings. The number of hydrogen-bond donors (Lipinski definition) is 2. The SMILES string of the molecule is Cc1ccc(C(O)C(CN)c2c(Cl)cccc2Cl)c(C)c1. The molecule has 3 N–H and O–H groups in total. The quantitative estimate of drug-likeness (QED) is 0.876. The molecule has 2 rings (SSSR count). The molecule has 2 atom stereocenters. The summed E-state index contributed by atoms with van der Waals surface area (Å²) in [6.07, 6.45) is -0.743. The summed E-state index contributed by atoms with van der Waals surface area (Å²) in [6.45, 7) is 4.26. The van der Waals surface area contributed by atoms with Crippen molar-refractivity contribution in [1.82, 2.24) is 0 Å². The largest absolute Gasteiger partial charge is 0.388 e. The molecule has 0 aromatic heterocycles. The molecule has 4 heteroatoms. The number of halogens is 2. The summed E-state index contributed by atoms with van der Waals surface area (Å²) in [6, 6.07) is 11.3. The van der Waals surface area contributed by atoms with Crippen LogP contribution in [0.5, 0.6) is 0 Å². The van der Waals surface area contributed by atoms with Crippen molar-refractivity contribution in [3.05, 3.63) is 68.7 Å². The first-order valence-electron chi connectivity index (χ1n) is 6.85. The van der Waals surface area contributed by atoms with E-state index in [0.717, 1.165) is 16.7 Å². The number of aliphatic hydroxyl groups excluding tert-OH is 1. The summed E-state index contributed by atoms with van der Waals surface area (Å²) in [5.74, 6) is -0.340. The highest BCUT2D eigenvalue weighted by Crippen LogP contribution is 2.39. The van der Waals surface area contributed by atoms with Gasteiger partial charge in [-0.3, -0.25) is 0 Å². The Labute approximate surface area is 135 Å². The molecule has 0 saturated carbocycles. The van der Waals surface area contributed by atoms with Crippen LogP contribution in [0.3, 0.4) is 0 Å². The molecule has 0 saturated heterocycles. The van der Waals surface area contributed by atoms with Gasteiger partial charge in [0, 0.05) is 22.5 Å². The molecule has 0 radical (unpaired) electrons. The van der Waals surface area contributed by atoms with Gasteiger partial charge in [-0.05, 0) is 42.7 Å². The third-order valence-electron chi connectivity index (χ3n) is 3.75. The molecule has 0 bridgehead atoms. The van der Waals surface area contributed by atoms with Gasteiger partial charge in [-0.25, -0.2) is 0 Å². The summed E-state index contributed by atoms with van der Waals surface area (Å²) in [7, 11) is 0. The lowest BCUT2D eigenvalue weighted by molar-refractivity contribution is 0.147. The maximum absolute atomic E-state index is 10.8. The van der Waals surface area contributed by atoms with E-state index in [4.69, 9.17) is 28.9 Å². The molecular weight excluding hydrogens is 305 g/mol. The molecule has 0 spiro atoms. The molecule has 0 aliphatic rings. The maximum Gasteiger partial charge on any atom is 0.0874 e. The Morgan fingerprint density at radius 2 is 1.71 bits per heavy atom. The zero-order valence-electron chi connectivity index (χ0n) is 12.1. The molecule has 0 heterocycles.